The number of aromatic nitrogens is 1. The molecule has 2 aromatic rings. The highest BCUT2D eigenvalue weighted by Crippen LogP contribution is 2.11. The van der Waals surface area contributed by atoms with Crippen LogP contribution in [0.5, 0.6) is 5.75 Å². The summed E-state index contributed by atoms with van der Waals surface area (Å²) >= 11 is 0. The summed E-state index contributed by atoms with van der Waals surface area (Å²) in [5.41, 5.74) is 1.45. The number of carboxylic acids is 1. The zero-order chi connectivity index (χ0) is 17.4. The second-order valence-corrected chi connectivity index (χ2v) is 5.36. The van der Waals surface area contributed by atoms with Crippen molar-refractivity contribution in [1.29, 1.82) is 0 Å². The molecule has 1 aromatic heterocycles. The molecule has 1 heterocycles. The van der Waals surface area contributed by atoms with Crippen molar-refractivity contribution >= 4 is 11.9 Å². The van der Waals surface area contributed by atoms with E-state index in [2.05, 4.69) is 10.3 Å². The third-order valence-corrected chi connectivity index (χ3v) is 3.39. The van der Waals surface area contributed by atoms with Crippen LogP contribution in [0.15, 0.2) is 42.6 Å². The number of unbranched alkanes of at least 4 members (excludes halogenated alkanes) is 1. The summed E-state index contributed by atoms with van der Waals surface area (Å²) in [7, 11) is 0. The number of ether oxygens (including phenoxy) is 1. The Morgan fingerprint density at radius 2 is 1.88 bits per heavy atom. The molecule has 0 aliphatic carbocycles. The van der Waals surface area contributed by atoms with E-state index in [1.54, 1.807) is 0 Å². The van der Waals surface area contributed by atoms with Crippen LogP contribution < -0.4 is 10.1 Å². The number of benzene rings is 1. The lowest BCUT2D eigenvalue weighted by atomic mass is 10.2. The fourth-order valence-corrected chi connectivity index (χ4v) is 2.01. The Kier molecular flexibility index (Phi) is 6.31. The number of aromatic carboxylic acids is 1. The molecule has 0 atom stereocenters. The zero-order valence-corrected chi connectivity index (χ0v) is 13.5. The van der Waals surface area contributed by atoms with Crippen molar-refractivity contribution in [2.24, 2.45) is 0 Å². The molecule has 24 heavy (non-hydrogen) atoms. The molecule has 0 saturated carbocycles. The molecular weight excluding hydrogens is 308 g/mol. The Morgan fingerprint density at radius 3 is 2.50 bits per heavy atom. The number of hydrogen-bond donors (Lipinski definition) is 2. The van der Waals surface area contributed by atoms with E-state index in [1.165, 1.54) is 23.9 Å². The highest BCUT2D eigenvalue weighted by atomic mass is 16.5. The van der Waals surface area contributed by atoms with Gasteiger partial charge >= 0.3 is 5.97 Å². The number of carbonyl (C=O) groups excluding carboxylic acids is 1. The fourth-order valence-electron chi connectivity index (χ4n) is 2.01. The van der Waals surface area contributed by atoms with Gasteiger partial charge in [0.15, 0.2) is 0 Å². The minimum Gasteiger partial charge on any atom is -0.494 e. The monoisotopic (exact) mass is 328 g/mol. The van der Waals surface area contributed by atoms with Gasteiger partial charge in [0.2, 0.25) is 0 Å². The molecule has 0 aliphatic heterocycles. The Balaban J connectivity index is 1.64. The summed E-state index contributed by atoms with van der Waals surface area (Å²) in [6.45, 7) is 3.14. The molecule has 6 heteroatoms. The molecule has 126 valence electrons. The van der Waals surface area contributed by atoms with Gasteiger partial charge in [-0.3, -0.25) is 4.79 Å². The number of rotatable bonds is 8. The molecule has 0 bridgehead atoms. The van der Waals surface area contributed by atoms with Gasteiger partial charge in [-0.15, -0.1) is 0 Å². The maximum absolute atomic E-state index is 11.9. The van der Waals surface area contributed by atoms with Gasteiger partial charge in [0, 0.05) is 12.7 Å². The summed E-state index contributed by atoms with van der Waals surface area (Å²) < 4.78 is 5.61. The van der Waals surface area contributed by atoms with E-state index < -0.39 is 5.97 Å². The number of nitrogens with one attached hydrogen (secondary N) is 1. The first-order valence-corrected chi connectivity index (χ1v) is 7.73. The summed E-state index contributed by atoms with van der Waals surface area (Å²) in [4.78, 5) is 26.3. The maximum atomic E-state index is 11.9. The van der Waals surface area contributed by atoms with Crippen LogP contribution in [0, 0.1) is 6.92 Å². The van der Waals surface area contributed by atoms with Crippen LogP contribution in [0.1, 0.15) is 39.3 Å². The molecule has 2 N–H and O–H groups in total. The van der Waals surface area contributed by atoms with E-state index in [4.69, 9.17) is 9.84 Å². The Hall–Kier alpha value is -2.89. The van der Waals surface area contributed by atoms with E-state index in [0.29, 0.717) is 18.7 Å². The predicted molar refractivity (Wildman–Crippen MR) is 89.4 cm³/mol. The predicted octanol–water partition coefficient (Wildman–Crippen LogP) is 2.68. The SMILES string of the molecule is Cc1ccc(OCCCCNC(=O)c2ccc(C(=O)O)nc2)cc1. The van der Waals surface area contributed by atoms with Crippen molar-refractivity contribution in [1.82, 2.24) is 10.3 Å². The first-order chi connectivity index (χ1) is 11.6. The lowest BCUT2D eigenvalue weighted by molar-refractivity contribution is 0.0689. The molecule has 0 unspecified atom stereocenters. The van der Waals surface area contributed by atoms with Gasteiger partial charge in [-0.25, -0.2) is 9.78 Å². The number of carboxylic acid groups (broad SMARTS) is 1. The minimum atomic E-state index is -1.12. The van der Waals surface area contributed by atoms with Crippen molar-refractivity contribution in [2.45, 2.75) is 19.8 Å². The van der Waals surface area contributed by atoms with Gasteiger partial charge in [-0.2, -0.15) is 0 Å². The first-order valence-electron chi connectivity index (χ1n) is 7.73. The van der Waals surface area contributed by atoms with Gasteiger partial charge in [-0.1, -0.05) is 17.7 Å². The van der Waals surface area contributed by atoms with Crippen molar-refractivity contribution < 1.29 is 19.4 Å². The normalized spacial score (nSPS) is 10.2. The molecule has 0 radical (unpaired) electrons. The molecular formula is C18H20N2O4. The minimum absolute atomic E-state index is 0.0835. The van der Waals surface area contributed by atoms with Gasteiger partial charge in [-0.05, 0) is 44.0 Å². The van der Waals surface area contributed by atoms with Crippen LogP contribution in [-0.4, -0.2) is 35.1 Å². The molecule has 0 spiro atoms. The standard InChI is InChI=1S/C18H20N2O4/c1-13-4-7-15(8-5-13)24-11-3-2-10-19-17(21)14-6-9-16(18(22)23)20-12-14/h4-9,12H,2-3,10-11H2,1H3,(H,19,21)(H,22,23). The number of aryl methyl sites for hydroxylation is 1. The van der Waals surface area contributed by atoms with Crippen LogP contribution in [-0.2, 0) is 0 Å². The van der Waals surface area contributed by atoms with Crippen molar-refractivity contribution in [3.05, 3.63) is 59.4 Å². The Morgan fingerprint density at radius 1 is 1.12 bits per heavy atom. The van der Waals surface area contributed by atoms with Crippen molar-refractivity contribution in [2.75, 3.05) is 13.2 Å². The van der Waals surface area contributed by atoms with E-state index >= 15 is 0 Å². The highest BCUT2D eigenvalue weighted by Gasteiger charge is 2.08. The second kappa shape index (κ2) is 8.67. The lowest BCUT2D eigenvalue weighted by Gasteiger charge is -2.07. The number of nitrogens with zero attached hydrogens (tertiary/aromatic N) is 1. The second-order valence-electron chi connectivity index (χ2n) is 5.36. The van der Waals surface area contributed by atoms with Crippen LogP contribution in [0.4, 0.5) is 0 Å². The largest absolute Gasteiger partial charge is 0.494 e. The van der Waals surface area contributed by atoms with Crippen molar-refractivity contribution in [3.63, 3.8) is 0 Å². The number of amides is 1. The number of hydrogen-bond acceptors (Lipinski definition) is 4. The number of carbonyl (C=O) groups is 2. The average Bonchev–Trinajstić information content (AvgIpc) is 2.59. The van der Waals surface area contributed by atoms with E-state index in [-0.39, 0.29) is 11.6 Å². The lowest BCUT2D eigenvalue weighted by Crippen LogP contribution is -2.25. The Bertz CT molecular complexity index is 681. The highest BCUT2D eigenvalue weighted by molar-refractivity contribution is 5.94. The van der Waals surface area contributed by atoms with Gasteiger partial charge in [0.05, 0.1) is 12.2 Å². The van der Waals surface area contributed by atoms with Gasteiger partial charge in [0.1, 0.15) is 11.4 Å². The summed E-state index contributed by atoms with van der Waals surface area (Å²) in [6.07, 6.45) is 2.88. The summed E-state index contributed by atoms with van der Waals surface area (Å²) in [5, 5.41) is 11.5. The fraction of sp³-hybridized carbons (Fsp3) is 0.278. The molecule has 1 aromatic carbocycles. The molecule has 0 fully saturated rings. The molecule has 6 nitrogen and oxygen atoms in total. The van der Waals surface area contributed by atoms with Crippen LogP contribution >= 0.6 is 0 Å². The topological polar surface area (TPSA) is 88.5 Å². The summed E-state index contributed by atoms with van der Waals surface area (Å²) in [6, 6.07) is 10.6. The molecule has 0 saturated heterocycles. The van der Waals surface area contributed by atoms with Crippen LogP contribution in [0.2, 0.25) is 0 Å². The van der Waals surface area contributed by atoms with Crippen LogP contribution in [0.25, 0.3) is 0 Å². The zero-order valence-electron chi connectivity index (χ0n) is 13.5. The Labute approximate surface area is 140 Å². The van der Waals surface area contributed by atoms with Gasteiger partial charge in [0.25, 0.3) is 5.91 Å². The number of pyridine rings is 1. The summed E-state index contributed by atoms with van der Waals surface area (Å²) in [5.74, 6) is -0.538. The molecule has 0 aliphatic rings. The van der Waals surface area contributed by atoms with E-state index in [9.17, 15) is 9.59 Å². The average molecular weight is 328 g/mol. The third-order valence-electron chi connectivity index (χ3n) is 3.39. The first kappa shape index (κ1) is 17.5. The molecule has 2 rings (SSSR count). The maximum Gasteiger partial charge on any atom is 0.354 e. The van der Waals surface area contributed by atoms with E-state index in [1.807, 2.05) is 31.2 Å². The third kappa shape index (κ3) is 5.39. The van der Waals surface area contributed by atoms with E-state index in [0.717, 1.165) is 18.6 Å². The quantitative estimate of drug-likeness (QED) is 0.727. The smallest absolute Gasteiger partial charge is 0.354 e. The van der Waals surface area contributed by atoms with Gasteiger partial charge < -0.3 is 15.2 Å². The molecule has 1 amide bonds. The van der Waals surface area contributed by atoms with Crippen molar-refractivity contribution in [3.8, 4) is 5.75 Å². The van der Waals surface area contributed by atoms with Crippen LogP contribution in [0.3, 0.4) is 0 Å².